The zero-order chi connectivity index (χ0) is 16.4. The van der Waals surface area contributed by atoms with Crippen LogP contribution in [0.5, 0.6) is 11.5 Å². The number of rotatable bonds is 4. The molecule has 0 N–H and O–H groups in total. The SMILES string of the molecule is COc1ccc(N2CC(=O)N(c3ccc(OC)cc3)C2=O)cc1. The van der Waals surface area contributed by atoms with E-state index >= 15 is 0 Å². The number of carbonyl (C=O) groups excluding carboxylic acids is 2. The molecule has 0 radical (unpaired) electrons. The Hall–Kier alpha value is -3.02. The molecule has 2 aromatic rings. The Bertz CT molecular complexity index is 725. The number of hydrogen-bond donors (Lipinski definition) is 0. The standard InChI is InChI=1S/C17H16N2O4/c1-22-14-7-3-12(4-8-14)18-11-16(20)19(17(18)21)13-5-9-15(23-2)10-6-13/h3-10H,11H2,1-2H3. The molecule has 2 aromatic carbocycles. The molecule has 118 valence electrons. The number of nitrogens with zero attached hydrogens (tertiary/aromatic N) is 2. The molecule has 0 aromatic heterocycles. The minimum atomic E-state index is -0.370. The van der Waals surface area contributed by atoms with Gasteiger partial charge in [0.05, 0.1) is 19.9 Å². The number of benzene rings is 2. The van der Waals surface area contributed by atoms with Crippen molar-refractivity contribution in [3.8, 4) is 11.5 Å². The van der Waals surface area contributed by atoms with Gasteiger partial charge in [-0.2, -0.15) is 0 Å². The topological polar surface area (TPSA) is 59.1 Å². The van der Waals surface area contributed by atoms with E-state index in [1.165, 1.54) is 9.80 Å². The Kier molecular flexibility index (Phi) is 3.89. The van der Waals surface area contributed by atoms with E-state index in [9.17, 15) is 9.59 Å². The smallest absolute Gasteiger partial charge is 0.336 e. The lowest BCUT2D eigenvalue weighted by Crippen LogP contribution is -2.32. The van der Waals surface area contributed by atoms with Gasteiger partial charge in [-0.1, -0.05) is 0 Å². The average Bonchev–Trinajstić information content (AvgIpc) is 2.89. The maximum atomic E-state index is 12.6. The molecular formula is C17H16N2O4. The number of imide groups is 1. The van der Waals surface area contributed by atoms with Crippen molar-refractivity contribution in [2.75, 3.05) is 30.6 Å². The summed E-state index contributed by atoms with van der Waals surface area (Å²) in [4.78, 5) is 27.5. The van der Waals surface area contributed by atoms with Crippen molar-refractivity contribution in [2.45, 2.75) is 0 Å². The molecule has 23 heavy (non-hydrogen) atoms. The Labute approximate surface area is 133 Å². The highest BCUT2D eigenvalue weighted by molar-refractivity contribution is 6.26. The predicted octanol–water partition coefficient (Wildman–Crippen LogP) is 2.68. The van der Waals surface area contributed by atoms with E-state index < -0.39 is 0 Å². The van der Waals surface area contributed by atoms with Gasteiger partial charge in [0.15, 0.2) is 0 Å². The lowest BCUT2D eigenvalue weighted by atomic mass is 10.3. The molecule has 3 rings (SSSR count). The summed E-state index contributed by atoms with van der Waals surface area (Å²) < 4.78 is 10.2. The molecule has 0 bridgehead atoms. The largest absolute Gasteiger partial charge is 0.497 e. The molecule has 1 saturated heterocycles. The van der Waals surface area contributed by atoms with Crippen LogP contribution >= 0.6 is 0 Å². The van der Waals surface area contributed by atoms with E-state index in [0.29, 0.717) is 22.9 Å². The van der Waals surface area contributed by atoms with Crippen molar-refractivity contribution < 1.29 is 19.1 Å². The quantitative estimate of drug-likeness (QED) is 0.814. The molecular weight excluding hydrogens is 296 g/mol. The second-order valence-electron chi connectivity index (χ2n) is 4.99. The molecule has 0 unspecified atom stereocenters. The number of ether oxygens (including phenoxy) is 2. The van der Waals surface area contributed by atoms with Crippen LogP contribution in [0.2, 0.25) is 0 Å². The number of hydrogen-bond acceptors (Lipinski definition) is 4. The molecule has 1 aliphatic rings. The van der Waals surface area contributed by atoms with Crippen LogP contribution in [0, 0.1) is 0 Å². The number of methoxy groups -OCH3 is 2. The van der Waals surface area contributed by atoms with Crippen LogP contribution in [0.1, 0.15) is 0 Å². The molecule has 0 spiro atoms. The van der Waals surface area contributed by atoms with Crippen LogP contribution in [0.25, 0.3) is 0 Å². The minimum Gasteiger partial charge on any atom is -0.497 e. The summed E-state index contributed by atoms with van der Waals surface area (Å²) in [6.07, 6.45) is 0. The van der Waals surface area contributed by atoms with Gasteiger partial charge in [0.25, 0.3) is 5.91 Å². The van der Waals surface area contributed by atoms with Gasteiger partial charge in [-0.3, -0.25) is 9.69 Å². The normalized spacial score (nSPS) is 14.3. The summed E-state index contributed by atoms with van der Waals surface area (Å²) in [5, 5.41) is 0. The third-order valence-electron chi connectivity index (χ3n) is 3.68. The third-order valence-corrected chi connectivity index (χ3v) is 3.68. The van der Waals surface area contributed by atoms with Crippen molar-refractivity contribution >= 4 is 23.3 Å². The van der Waals surface area contributed by atoms with Crippen LogP contribution in [0.3, 0.4) is 0 Å². The molecule has 6 nitrogen and oxygen atoms in total. The van der Waals surface area contributed by atoms with Gasteiger partial charge in [-0.15, -0.1) is 0 Å². The fraction of sp³-hybridized carbons (Fsp3) is 0.176. The first-order valence-corrected chi connectivity index (χ1v) is 7.06. The van der Waals surface area contributed by atoms with Gasteiger partial charge in [0, 0.05) is 5.69 Å². The van der Waals surface area contributed by atoms with Crippen molar-refractivity contribution in [1.82, 2.24) is 0 Å². The molecule has 3 amide bonds. The summed E-state index contributed by atoms with van der Waals surface area (Å²) in [6, 6.07) is 13.4. The Morgan fingerprint density at radius 1 is 0.783 bits per heavy atom. The van der Waals surface area contributed by atoms with E-state index in [-0.39, 0.29) is 18.5 Å². The molecule has 1 heterocycles. The molecule has 1 aliphatic heterocycles. The van der Waals surface area contributed by atoms with Crippen LogP contribution < -0.4 is 19.3 Å². The molecule has 0 atom stereocenters. The monoisotopic (exact) mass is 312 g/mol. The summed E-state index contributed by atoms with van der Waals surface area (Å²) in [5.41, 5.74) is 1.18. The number of anilines is 2. The van der Waals surface area contributed by atoms with Crippen LogP contribution in [-0.2, 0) is 4.79 Å². The van der Waals surface area contributed by atoms with E-state index in [2.05, 4.69) is 0 Å². The van der Waals surface area contributed by atoms with Gasteiger partial charge in [0.1, 0.15) is 18.0 Å². The zero-order valence-electron chi connectivity index (χ0n) is 12.9. The first-order valence-electron chi connectivity index (χ1n) is 7.06. The fourth-order valence-electron chi connectivity index (χ4n) is 2.45. The molecule has 6 heteroatoms. The summed E-state index contributed by atoms with van der Waals surface area (Å²) in [7, 11) is 3.14. The lowest BCUT2D eigenvalue weighted by molar-refractivity contribution is -0.115. The Morgan fingerprint density at radius 3 is 1.74 bits per heavy atom. The summed E-state index contributed by atoms with van der Waals surface area (Å²) >= 11 is 0. The highest BCUT2D eigenvalue weighted by atomic mass is 16.5. The molecule has 0 saturated carbocycles. The molecule has 0 aliphatic carbocycles. The maximum absolute atomic E-state index is 12.6. The number of amides is 3. The summed E-state index contributed by atoms with van der Waals surface area (Å²) in [6.45, 7) is 0.0111. The van der Waals surface area contributed by atoms with Gasteiger partial charge in [-0.05, 0) is 48.5 Å². The number of urea groups is 1. The maximum Gasteiger partial charge on any atom is 0.336 e. The first-order chi connectivity index (χ1) is 11.1. The second kappa shape index (κ2) is 6.00. The summed E-state index contributed by atoms with van der Waals surface area (Å²) in [5.74, 6) is 1.09. The lowest BCUT2D eigenvalue weighted by Gasteiger charge is -2.17. The zero-order valence-corrected chi connectivity index (χ0v) is 12.9. The number of carbonyl (C=O) groups is 2. The predicted molar refractivity (Wildman–Crippen MR) is 86.2 cm³/mol. The van der Waals surface area contributed by atoms with Crippen LogP contribution in [0.15, 0.2) is 48.5 Å². The van der Waals surface area contributed by atoms with Gasteiger partial charge in [0.2, 0.25) is 0 Å². The van der Waals surface area contributed by atoms with E-state index in [1.807, 2.05) is 0 Å². The van der Waals surface area contributed by atoms with Gasteiger partial charge in [-0.25, -0.2) is 9.69 Å². The highest BCUT2D eigenvalue weighted by Crippen LogP contribution is 2.28. The van der Waals surface area contributed by atoms with Crippen LogP contribution in [-0.4, -0.2) is 32.7 Å². The Morgan fingerprint density at radius 2 is 1.26 bits per heavy atom. The van der Waals surface area contributed by atoms with E-state index in [0.717, 1.165) is 0 Å². The van der Waals surface area contributed by atoms with Crippen molar-refractivity contribution in [1.29, 1.82) is 0 Å². The first kappa shape index (κ1) is 14.9. The van der Waals surface area contributed by atoms with Crippen molar-refractivity contribution in [3.05, 3.63) is 48.5 Å². The Balaban J connectivity index is 1.86. The third kappa shape index (κ3) is 2.70. The van der Waals surface area contributed by atoms with Gasteiger partial charge < -0.3 is 9.47 Å². The van der Waals surface area contributed by atoms with Crippen molar-refractivity contribution in [3.63, 3.8) is 0 Å². The van der Waals surface area contributed by atoms with E-state index in [1.54, 1.807) is 62.8 Å². The van der Waals surface area contributed by atoms with Crippen LogP contribution in [0.4, 0.5) is 16.2 Å². The minimum absolute atomic E-state index is 0.0111. The average molecular weight is 312 g/mol. The van der Waals surface area contributed by atoms with Crippen molar-refractivity contribution in [2.24, 2.45) is 0 Å². The molecule has 1 fully saturated rings. The second-order valence-corrected chi connectivity index (χ2v) is 4.99. The fourth-order valence-corrected chi connectivity index (χ4v) is 2.45. The van der Waals surface area contributed by atoms with E-state index in [4.69, 9.17) is 9.47 Å². The highest BCUT2D eigenvalue weighted by Gasteiger charge is 2.37. The van der Waals surface area contributed by atoms with Gasteiger partial charge >= 0.3 is 6.03 Å².